The van der Waals surface area contributed by atoms with Crippen LogP contribution in [0.5, 0.6) is 5.75 Å². The number of fused-ring (bicyclic) bond motifs is 1. The monoisotopic (exact) mass is 422 g/mol. The van der Waals surface area contributed by atoms with Crippen LogP contribution in [0.3, 0.4) is 0 Å². The van der Waals surface area contributed by atoms with E-state index in [1.165, 1.54) is 0 Å². The maximum Gasteiger partial charge on any atom is 0.375 e. The molecule has 2 aromatic carbocycles. The van der Waals surface area contributed by atoms with Gasteiger partial charge in [-0.15, -0.1) is 0 Å². The van der Waals surface area contributed by atoms with Crippen LogP contribution in [0, 0.1) is 0 Å². The number of hydrogen-bond acceptors (Lipinski definition) is 8. The zero-order valence-electron chi connectivity index (χ0n) is 17.3. The Morgan fingerprint density at radius 2 is 1.81 bits per heavy atom. The van der Waals surface area contributed by atoms with Gasteiger partial charge in [-0.25, -0.2) is 4.79 Å². The summed E-state index contributed by atoms with van der Waals surface area (Å²) in [5.41, 5.74) is 1.94. The number of benzene rings is 2. The Morgan fingerprint density at radius 3 is 2.65 bits per heavy atom. The van der Waals surface area contributed by atoms with E-state index >= 15 is 0 Å². The highest BCUT2D eigenvalue weighted by Crippen LogP contribution is 2.29. The summed E-state index contributed by atoms with van der Waals surface area (Å²) in [6.07, 6.45) is 0. The first-order chi connectivity index (χ1) is 15.2. The molecule has 0 saturated carbocycles. The Bertz CT molecular complexity index is 1180. The van der Waals surface area contributed by atoms with Gasteiger partial charge in [0.2, 0.25) is 11.6 Å². The predicted octanol–water partition coefficient (Wildman–Crippen LogP) is 4.78. The molecule has 2 heterocycles. The molecule has 0 atom stereocenters. The second-order valence-electron chi connectivity index (χ2n) is 6.56. The minimum Gasteiger partial charge on any atom is -0.493 e. The topological polar surface area (TPSA) is 96.8 Å². The van der Waals surface area contributed by atoms with Gasteiger partial charge in [0.25, 0.3) is 5.89 Å². The van der Waals surface area contributed by atoms with Crippen molar-refractivity contribution in [3.05, 3.63) is 65.7 Å². The molecule has 4 aromatic rings. The van der Waals surface area contributed by atoms with E-state index in [0.717, 1.165) is 5.39 Å². The number of ether oxygens (including phenoxy) is 3. The van der Waals surface area contributed by atoms with Gasteiger partial charge in [-0.05, 0) is 32.0 Å². The summed E-state index contributed by atoms with van der Waals surface area (Å²) in [7, 11) is 0. The average molecular weight is 422 g/mol. The van der Waals surface area contributed by atoms with Crippen LogP contribution in [0.25, 0.3) is 22.4 Å². The van der Waals surface area contributed by atoms with Crippen LogP contribution in [0.1, 0.15) is 35.9 Å². The van der Waals surface area contributed by atoms with Crippen LogP contribution in [0.15, 0.2) is 57.5 Å². The van der Waals surface area contributed by atoms with E-state index in [1.807, 2.05) is 56.3 Å². The van der Waals surface area contributed by atoms with Crippen molar-refractivity contribution in [3.63, 3.8) is 0 Å². The van der Waals surface area contributed by atoms with Gasteiger partial charge in [0, 0.05) is 17.6 Å². The number of rotatable bonds is 9. The summed E-state index contributed by atoms with van der Waals surface area (Å²) in [6, 6.07) is 14.8. The van der Waals surface area contributed by atoms with Gasteiger partial charge in [-0.3, -0.25) is 0 Å². The molecule has 31 heavy (non-hydrogen) atoms. The molecule has 0 aliphatic heterocycles. The van der Waals surface area contributed by atoms with Crippen molar-refractivity contribution in [2.24, 2.45) is 0 Å². The van der Waals surface area contributed by atoms with Crippen LogP contribution in [0.2, 0.25) is 0 Å². The van der Waals surface area contributed by atoms with Crippen LogP contribution in [0.4, 0.5) is 0 Å². The minimum absolute atomic E-state index is 0.107. The molecule has 0 fully saturated rings. The Balaban J connectivity index is 1.50. The summed E-state index contributed by atoms with van der Waals surface area (Å²) in [6.45, 7) is 4.88. The van der Waals surface area contributed by atoms with E-state index in [9.17, 15) is 4.79 Å². The van der Waals surface area contributed by atoms with Crippen LogP contribution in [-0.2, 0) is 22.7 Å². The molecular formula is C23H22N2O6. The van der Waals surface area contributed by atoms with Gasteiger partial charge < -0.3 is 23.2 Å². The lowest BCUT2D eigenvalue weighted by molar-refractivity contribution is 0.0388. The van der Waals surface area contributed by atoms with Gasteiger partial charge in [0.1, 0.15) is 11.3 Å². The van der Waals surface area contributed by atoms with Crippen molar-refractivity contribution < 1.29 is 27.9 Å². The summed E-state index contributed by atoms with van der Waals surface area (Å²) >= 11 is 0. The fourth-order valence-corrected chi connectivity index (χ4v) is 3.16. The summed E-state index contributed by atoms with van der Waals surface area (Å²) in [5.74, 6) is 0.654. The quantitative estimate of drug-likeness (QED) is 0.356. The van der Waals surface area contributed by atoms with Crippen molar-refractivity contribution in [3.8, 4) is 17.1 Å². The van der Waals surface area contributed by atoms with Crippen molar-refractivity contribution in [1.82, 2.24) is 10.1 Å². The number of hydrogen-bond donors (Lipinski definition) is 0. The Hall–Kier alpha value is -3.65. The molecule has 0 unspecified atom stereocenters. The van der Waals surface area contributed by atoms with Crippen LogP contribution >= 0.6 is 0 Å². The highest BCUT2D eigenvalue weighted by molar-refractivity contribution is 5.96. The van der Waals surface area contributed by atoms with Crippen molar-refractivity contribution >= 4 is 16.9 Å². The lowest BCUT2D eigenvalue weighted by atomic mass is 10.1. The summed E-state index contributed by atoms with van der Waals surface area (Å²) in [4.78, 5) is 17.0. The third kappa shape index (κ3) is 4.44. The van der Waals surface area contributed by atoms with E-state index in [1.54, 1.807) is 6.07 Å². The molecule has 0 spiro atoms. The Morgan fingerprint density at radius 1 is 1.00 bits per heavy atom. The molecule has 8 nitrogen and oxygen atoms in total. The van der Waals surface area contributed by atoms with Gasteiger partial charge in [-0.1, -0.05) is 35.5 Å². The molecule has 8 heteroatoms. The molecule has 0 amide bonds. The highest BCUT2D eigenvalue weighted by Gasteiger charge is 2.23. The third-order valence-electron chi connectivity index (χ3n) is 4.56. The lowest BCUT2D eigenvalue weighted by Crippen LogP contribution is -2.08. The van der Waals surface area contributed by atoms with Crippen LogP contribution < -0.4 is 4.74 Å². The molecular weight excluding hydrogens is 400 g/mol. The zero-order chi connectivity index (χ0) is 21.6. The fourth-order valence-electron chi connectivity index (χ4n) is 3.16. The van der Waals surface area contributed by atoms with Crippen LogP contribution in [-0.4, -0.2) is 29.3 Å². The molecule has 160 valence electrons. The van der Waals surface area contributed by atoms with E-state index in [4.69, 9.17) is 23.2 Å². The molecule has 0 aliphatic rings. The van der Waals surface area contributed by atoms with Gasteiger partial charge >= 0.3 is 5.97 Å². The number of nitrogens with zero attached hydrogens (tertiary/aromatic N) is 2. The van der Waals surface area contributed by atoms with Gasteiger partial charge in [0.15, 0.2) is 6.61 Å². The van der Waals surface area contributed by atoms with E-state index in [0.29, 0.717) is 41.5 Å². The number of aromatic nitrogens is 2. The molecule has 0 aliphatic carbocycles. The first-order valence-electron chi connectivity index (χ1n) is 10.0. The normalized spacial score (nSPS) is 11.0. The number of para-hydroxylation sites is 2. The maximum absolute atomic E-state index is 12.7. The van der Waals surface area contributed by atoms with E-state index < -0.39 is 5.97 Å². The average Bonchev–Trinajstić information content (AvgIpc) is 3.41. The lowest BCUT2D eigenvalue weighted by Gasteiger charge is -2.06. The Kier molecular flexibility index (Phi) is 6.28. The highest BCUT2D eigenvalue weighted by atomic mass is 16.6. The fraction of sp³-hybridized carbons (Fsp3) is 0.261. The molecule has 0 bridgehead atoms. The third-order valence-corrected chi connectivity index (χ3v) is 4.56. The van der Waals surface area contributed by atoms with Crippen molar-refractivity contribution in [2.75, 3.05) is 13.2 Å². The second kappa shape index (κ2) is 9.44. The number of carbonyl (C=O) groups excluding carboxylic acids is 1. The smallest absolute Gasteiger partial charge is 0.375 e. The molecule has 0 N–H and O–H groups in total. The SMILES string of the molecule is CCOCc1c(C(=O)OCc2nc(-c3ccccc3OCC)no2)oc2ccccc12. The van der Waals surface area contributed by atoms with Crippen molar-refractivity contribution in [2.45, 2.75) is 27.1 Å². The molecule has 4 rings (SSSR count). The van der Waals surface area contributed by atoms with E-state index in [2.05, 4.69) is 10.1 Å². The minimum atomic E-state index is -0.625. The summed E-state index contributed by atoms with van der Waals surface area (Å²) < 4.78 is 27.4. The standard InChI is InChI=1S/C23H22N2O6/c1-3-27-13-17-15-9-5-8-12-19(15)30-21(17)23(26)29-14-20-24-22(25-31-20)16-10-6-7-11-18(16)28-4-2/h5-12H,3-4,13-14H2,1-2H3. The Labute approximate surface area is 178 Å². The zero-order valence-corrected chi connectivity index (χ0v) is 17.3. The number of esters is 1. The first kappa shape index (κ1) is 20.6. The van der Waals surface area contributed by atoms with Gasteiger partial charge in [-0.2, -0.15) is 4.98 Å². The number of furan rings is 1. The first-order valence-corrected chi connectivity index (χ1v) is 10.0. The molecule has 0 radical (unpaired) electrons. The van der Waals surface area contributed by atoms with E-state index in [-0.39, 0.29) is 24.9 Å². The molecule has 2 aromatic heterocycles. The number of carbonyl (C=O) groups is 1. The molecule has 0 saturated heterocycles. The summed E-state index contributed by atoms with van der Waals surface area (Å²) in [5, 5.41) is 4.79. The maximum atomic E-state index is 12.7. The van der Waals surface area contributed by atoms with Crippen molar-refractivity contribution in [1.29, 1.82) is 0 Å². The predicted molar refractivity (Wildman–Crippen MR) is 112 cm³/mol. The second-order valence-corrected chi connectivity index (χ2v) is 6.56. The van der Waals surface area contributed by atoms with Gasteiger partial charge in [0.05, 0.1) is 18.8 Å². The largest absolute Gasteiger partial charge is 0.493 e.